The predicted molar refractivity (Wildman–Crippen MR) is 185 cm³/mol. The third-order valence-electron chi connectivity index (χ3n) is 12.5. The van der Waals surface area contributed by atoms with E-state index in [-0.39, 0.29) is 17.4 Å². The van der Waals surface area contributed by atoms with Crippen molar-refractivity contribution in [3.05, 3.63) is 0 Å². The Labute approximate surface area is 278 Å². The van der Waals surface area contributed by atoms with Crippen LogP contribution in [-0.2, 0) is 4.79 Å². The Kier molecular flexibility index (Phi) is 12.1. The number of hydrogen-bond acceptors (Lipinski definition) is 9. The minimum Gasteiger partial charge on any atom is -0.390 e. The third-order valence-corrected chi connectivity index (χ3v) is 13.8. The molecule has 7 atom stereocenters. The zero-order valence-electron chi connectivity index (χ0n) is 28.7. The average Bonchev–Trinajstić information content (AvgIpc) is 3.67. The quantitative estimate of drug-likeness (QED) is 0.286. The second kappa shape index (κ2) is 15.8. The highest BCUT2D eigenvalue weighted by molar-refractivity contribution is 8.00. The summed E-state index contributed by atoms with van der Waals surface area (Å²) in [5.41, 5.74) is -0.257. The Balaban J connectivity index is 1.10. The molecule has 5 heterocycles. The van der Waals surface area contributed by atoms with E-state index < -0.39 is 5.60 Å². The molecule has 5 aliphatic heterocycles. The van der Waals surface area contributed by atoms with Gasteiger partial charge in [-0.3, -0.25) is 24.8 Å². The zero-order valence-corrected chi connectivity index (χ0v) is 29.5. The first-order valence-electron chi connectivity index (χ1n) is 18.8. The summed E-state index contributed by atoms with van der Waals surface area (Å²) in [7, 11) is 0. The third kappa shape index (κ3) is 8.97. The van der Waals surface area contributed by atoms with E-state index in [1.54, 1.807) is 0 Å². The number of nitrogens with zero attached hydrogens (tertiary/aromatic N) is 4. The van der Waals surface area contributed by atoms with Gasteiger partial charge in [-0.1, -0.05) is 13.8 Å². The molecule has 45 heavy (non-hydrogen) atoms. The van der Waals surface area contributed by atoms with Crippen molar-refractivity contribution >= 4 is 17.7 Å². The lowest BCUT2D eigenvalue weighted by atomic mass is 9.68. The predicted octanol–water partition coefficient (Wildman–Crippen LogP) is 2.60. The maximum atomic E-state index is 13.5. The Bertz CT molecular complexity index is 939. The molecular weight excluding hydrogens is 582 g/mol. The van der Waals surface area contributed by atoms with Crippen LogP contribution in [0.4, 0.5) is 0 Å². The highest BCUT2D eigenvalue weighted by Gasteiger charge is 2.44. The molecule has 0 spiro atoms. The van der Waals surface area contributed by atoms with E-state index in [4.69, 9.17) is 0 Å². The molecule has 0 bridgehead atoms. The lowest BCUT2D eigenvalue weighted by molar-refractivity contribution is -0.122. The van der Waals surface area contributed by atoms with Gasteiger partial charge in [-0.2, -0.15) is 0 Å². The van der Waals surface area contributed by atoms with E-state index >= 15 is 0 Å². The molecule has 7 unspecified atom stereocenters. The van der Waals surface area contributed by atoms with Gasteiger partial charge in [-0.15, -0.1) is 11.8 Å². The van der Waals surface area contributed by atoms with Gasteiger partial charge in [-0.05, 0) is 115 Å². The van der Waals surface area contributed by atoms with Crippen molar-refractivity contribution < 1.29 is 9.90 Å². The summed E-state index contributed by atoms with van der Waals surface area (Å²) >= 11 is 2.00. The van der Waals surface area contributed by atoms with Gasteiger partial charge < -0.3 is 20.6 Å². The lowest BCUT2D eigenvalue weighted by Crippen LogP contribution is -2.60. The van der Waals surface area contributed by atoms with Crippen molar-refractivity contribution in [2.24, 2.45) is 17.8 Å². The van der Waals surface area contributed by atoms with Crippen LogP contribution in [-0.4, -0.2) is 144 Å². The van der Waals surface area contributed by atoms with Gasteiger partial charge in [0.15, 0.2) is 0 Å². The SMILES string of the molecule is CC(C)C1CC2CCCNC2C(N2CCCN(C(CC(=O)NCCN3CCCC3)C3CSC(N4CCC(C)(O)CC4)N3)CC2)C1. The van der Waals surface area contributed by atoms with Gasteiger partial charge in [0.25, 0.3) is 0 Å². The molecule has 0 aromatic heterocycles. The molecule has 0 aromatic carbocycles. The molecule has 1 saturated carbocycles. The number of amides is 1. The van der Waals surface area contributed by atoms with Crippen molar-refractivity contribution in [1.82, 2.24) is 35.6 Å². The van der Waals surface area contributed by atoms with E-state index in [0.717, 1.165) is 82.2 Å². The largest absolute Gasteiger partial charge is 0.390 e. The number of fused-ring (bicyclic) bond motifs is 1. The molecule has 258 valence electrons. The highest BCUT2D eigenvalue weighted by atomic mass is 32.2. The maximum absolute atomic E-state index is 13.5. The van der Waals surface area contributed by atoms with E-state index in [9.17, 15) is 9.90 Å². The van der Waals surface area contributed by atoms with Crippen LogP contribution in [0.3, 0.4) is 0 Å². The Morgan fingerprint density at radius 3 is 2.56 bits per heavy atom. The first-order chi connectivity index (χ1) is 21.8. The lowest BCUT2D eigenvalue weighted by Gasteiger charge is -2.50. The normalized spacial score (nSPS) is 36.6. The molecule has 10 heteroatoms. The number of carbonyl (C=O) groups is 1. The smallest absolute Gasteiger partial charge is 0.221 e. The maximum Gasteiger partial charge on any atom is 0.221 e. The van der Waals surface area contributed by atoms with Gasteiger partial charge in [0.1, 0.15) is 5.50 Å². The minimum absolute atomic E-state index is 0.206. The number of thioether (sulfide) groups is 1. The molecule has 1 amide bonds. The molecule has 4 N–H and O–H groups in total. The standard InChI is InChI=1S/C35H65N7O2S/c1-26(2)28-22-27-8-6-11-37-33(27)31(23-28)41-16-7-15-40(20-21-41)30(24-32(43)36-12-19-39-13-4-5-14-39)29-25-45-34(38-29)42-17-9-35(3,44)10-18-42/h26-31,33-34,37-38,44H,4-25H2,1-3H3,(H,36,43). The van der Waals surface area contributed by atoms with Crippen LogP contribution in [0.15, 0.2) is 0 Å². The van der Waals surface area contributed by atoms with Gasteiger partial charge in [0, 0.05) is 75.6 Å². The van der Waals surface area contributed by atoms with E-state index in [2.05, 4.69) is 49.4 Å². The molecule has 6 rings (SSSR count). The molecule has 5 saturated heterocycles. The van der Waals surface area contributed by atoms with Crippen LogP contribution < -0.4 is 16.0 Å². The fourth-order valence-corrected chi connectivity index (χ4v) is 10.9. The summed E-state index contributed by atoms with van der Waals surface area (Å²) in [5.74, 6) is 3.68. The summed E-state index contributed by atoms with van der Waals surface area (Å²) in [5, 5.41) is 21.8. The molecular formula is C35H65N7O2S. The summed E-state index contributed by atoms with van der Waals surface area (Å²) in [6.45, 7) is 18.4. The Morgan fingerprint density at radius 1 is 0.978 bits per heavy atom. The number of aliphatic hydroxyl groups is 1. The molecule has 9 nitrogen and oxygen atoms in total. The van der Waals surface area contributed by atoms with Crippen molar-refractivity contribution in [2.75, 3.05) is 77.7 Å². The number of likely N-dealkylation sites (tertiary alicyclic amines) is 2. The fraction of sp³-hybridized carbons (Fsp3) is 0.971. The molecule has 6 aliphatic rings. The molecule has 6 fully saturated rings. The monoisotopic (exact) mass is 647 g/mol. The number of carbonyl (C=O) groups excluding carboxylic acids is 1. The van der Waals surface area contributed by atoms with Crippen LogP contribution in [0, 0.1) is 17.8 Å². The average molecular weight is 648 g/mol. The van der Waals surface area contributed by atoms with Gasteiger partial charge in [0.2, 0.25) is 5.91 Å². The van der Waals surface area contributed by atoms with Crippen molar-refractivity contribution in [1.29, 1.82) is 0 Å². The Morgan fingerprint density at radius 2 is 1.78 bits per heavy atom. The van der Waals surface area contributed by atoms with Crippen LogP contribution in [0.2, 0.25) is 0 Å². The van der Waals surface area contributed by atoms with E-state index in [1.165, 1.54) is 71.1 Å². The van der Waals surface area contributed by atoms with Crippen molar-refractivity contribution in [3.8, 4) is 0 Å². The Hall–Kier alpha value is -0.460. The molecule has 0 aromatic rings. The van der Waals surface area contributed by atoms with Crippen molar-refractivity contribution in [2.45, 2.75) is 120 Å². The van der Waals surface area contributed by atoms with Crippen LogP contribution in [0.5, 0.6) is 0 Å². The second-order valence-corrected chi connectivity index (χ2v) is 17.1. The molecule has 0 radical (unpaired) electrons. The first kappa shape index (κ1) is 34.4. The number of rotatable bonds is 10. The summed E-state index contributed by atoms with van der Waals surface area (Å²) < 4.78 is 0. The summed E-state index contributed by atoms with van der Waals surface area (Å²) in [6, 6.07) is 1.79. The van der Waals surface area contributed by atoms with E-state index in [1.807, 2.05) is 18.7 Å². The first-order valence-corrected chi connectivity index (χ1v) is 19.9. The van der Waals surface area contributed by atoms with Crippen molar-refractivity contribution in [3.63, 3.8) is 0 Å². The van der Waals surface area contributed by atoms with Gasteiger partial charge >= 0.3 is 0 Å². The van der Waals surface area contributed by atoms with Crippen LogP contribution >= 0.6 is 11.8 Å². The topological polar surface area (TPSA) is 86.4 Å². The zero-order chi connectivity index (χ0) is 31.4. The second-order valence-electron chi connectivity index (χ2n) is 16.0. The number of hydrogen-bond donors (Lipinski definition) is 4. The van der Waals surface area contributed by atoms with Crippen LogP contribution in [0.25, 0.3) is 0 Å². The summed E-state index contributed by atoms with van der Waals surface area (Å²) in [6.07, 6.45) is 11.5. The highest BCUT2D eigenvalue weighted by Crippen LogP contribution is 2.40. The fourth-order valence-electron chi connectivity index (χ4n) is 9.47. The van der Waals surface area contributed by atoms with Crippen LogP contribution in [0.1, 0.15) is 85.0 Å². The number of nitrogens with one attached hydrogen (secondary N) is 3. The minimum atomic E-state index is -0.534. The van der Waals surface area contributed by atoms with Gasteiger partial charge in [0.05, 0.1) is 5.60 Å². The van der Waals surface area contributed by atoms with E-state index in [0.29, 0.717) is 24.5 Å². The molecule has 1 aliphatic carbocycles. The number of piperidine rings is 2. The van der Waals surface area contributed by atoms with Gasteiger partial charge in [-0.25, -0.2) is 0 Å². The summed E-state index contributed by atoms with van der Waals surface area (Å²) in [4.78, 5) is 24.0.